The van der Waals surface area contributed by atoms with Gasteiger partial charge in [-0.1, -0.05) is 0 Å². The van der Waals surface area contributed by atoms with Gasteiger partial charge in [0.1, 0.15) is 0 Å². The third-order valence-corrected chi connectivity index (χ3v) is 3.25. The Morgan fingerprint density at radius 3 is 2.21 bits per heavy atom. The summed E-state index contributed by atoms with van der Waals surface area (Å²) >= 11 is 12.7. The topological polar surface area (TPSA) is 9.23 Å². The van der Waals surface area contributed by atoms with Gasteiger partial charge in [-0.05, 0) is 48.9 Å². The van der Waals surface area contributed by atoms with Crippen LogP contribution in [0.3, 0.4) is 0 Å². The Labute approximate surface area is 105 Å². The molecule has 0 aromatic rings. The molecule has 0 bridgehead atoms. The lowest BCUT2D eigenvalue weighted by molar-refractivity contribution is 0.119. The Morgan fingerprint density at radius 1 is 0.857 bits per heavy atom. The van der Waals surface area contributed by atoms with Crippen molar-refractivity contribution in [2.24, 2.45) is 5.92 Å². The van der Waals surface area contributed by atoms with Crippen molar-refractivity contribution in [1.82, 2.24) is 0 Å². The summed E-state index contributed by atoms with van der Waals surface area (Å²) in [5.41, 5.74) is 0. The minimum Gasteiger partial charge on any atom is -0.381 e. The summed E-state index contributed by atoms with van der Waals surface area (Å²) in [5, 5.41) is 0. The molecule has 1 nitrogen and oxygen atoms in total. The van der Waals surface area contributed by atoms with Crippen molar-refractivity contribution in [3.05, 3.63) is 0 Å². The molecule has 0 aliphatic rings. The molecule has 4 heteroatoms. The second-order valence-electron chi connectivity index (χ2n) is 3.39. The summed E-state index contributed by atoms with van der Waals surface area (Å²) < 4.78 is 5.52. The number of ether oxygens (including phenoxy) is 1. The monoisotopic (exact) mass is 254 g/mol. The first-order valence-electron chi connectivity index (χ1n) is 5.25. The van der Waals surface area contributed by atoms with Crippen LogP contribution in [-0.4, -0.2) is 30.5 Å². The van der Waals surface area contributed by atoms with Crippen LogP contribution in [-0.2, 0) is 4.74 Å². The molecule has 1 atom stereocenters. The van der Waals surface area contributed by atoms with Crippen molar-refractivity contribution in [3.63, 3.8) is 0 Å². The molecule has 0 aromatic carbocycles. The molecule has 0 rings (SSSR count). The molecule has 86 valence electrons. The molecular formula is C10H22OS3. The number of hydrogen-bond acceptors (Lipinski definition) is 4. The standard InChI is InChI=1S/C10H22OS3/c12-7-2-1-5-11-6-3-10(9-14)4-8-13/h10,12-14H,1-9H2. The van der Waals surface area contributed by atoms with E-state index in [-0.39, 0.29) is 0 Å². The van der Waals surface area contributed by atoms with Crippen molar-refractivity contribution in [3.8, 4) is 0 Å². The highest BCUT2D eigenvalue weighted by Gasteiger charge is 2.04. The number of thiol groups is 3. The van der Waals surface area contributed by atoms with Gasteiger partial charge in [0.2, 0.25) is 0 Å². The molecule has 0 aromatic heterocycles. The first-order valence-corrected chi connectivity index (χ1v) is 7.15. The Hall–Kier alpha value is 1.01. The van der Waals surface area contributed by atoms with Crippen LogP contribution in [0.25, 0.3) is 0 Å². The maximum Gasteiger partial charge on any atom is 0.0468 e. The van der Waals surface area contributed by atoms with E-state index in [1.54, 1.807) is 0 Å². The Kier molecular flexibility index (Phi) is 13.0. The first-order chi connectivity index (χ1) is 6.85. The zero-order chi connectivity index (χ0) is 10.6. The predicted octanol–water partition coefficient (Wildman–Crippen LogP) is 2.97. The average molecular weight is 254 g/mol. The van der Waals surface area contributed by atoms with Gasteiger partial charge >= 0.3 is 0 Å². The van der Waals surface area contributed by atoms with Crippen LogP contribution >= 0.6 is 37.9 Å². The second kappa shape index (κ2) is 12.1. The maximum absolute atomic E-state index is 5.52. The van der Waals surface area contributed by atoms with Gasteiger partial charge in [-0.15, -0.1) is 0 Å². The van der Waals surface area contributed by atoms with E-state index in [0.29, 0.717) is 5.92 Å². The Bertz CT molecular complexity index is 112. The highest BCUT2D eigenvalue weighted by Crippen LogP contribution is 2.11. The lowest BCUT2D eigenvalue weighted by Gasteiger charge is -2.12. The van der Waals surface area contributed by atoms with Gasteiger partial charge in [0.05, 0.1) is 0 Å². The third-order valence-electron chi connectivity index (χ3n) is 2.16. The molecule has 0 N–H and O–H groups in total. The molecule has 0 amide bonds. The van der Waals surface area contributed by atoms with Crippen molar-refractivity contribution >= 4 is 37.9 Å². The zero-order valence-corrected chi connectivity index (χ0v) is 11.4. The largest absolute Gasteiger partial charge is 0.381 e. The summed E-state index contributed by atoms with van der Waals surface area (Å²) in [7, 11) is 0. The van der Waals surface area contributed by atoms with Crippen LogP contribution in [0.4, 0.5) is 0 Å². The van der Waals surface area contributed by atoms with Gasteiger partial charge in [0.15, 0.2) is 0 Å². The van der Waals surface area contributed by atoms with E-state index >= 15 is 0 Å². The number of hydrogen-bond donors (Lipinski definition) is 3. The third kappa shape index (κ3) is 9.56. The quantitative estimate of drug-likeness (QED) is 0.401. The van der Waals surface area contributed by atoms with E-state index in [1.807, 2.05) is 0 Å². The zero-order valence-electron chi connectivity index (χ0n) is 8.69. The highest BCUT2D eigenvalue weighted by atomic mass is 32.1. The van der Waals surface area contributed by atoms with E-state index in [0.717, 1.165) is 56.2 Å². The molecule has 0 aliphatic heterocycles. The molecule has 0 heterocycles. The predicted molar refractivity (Wildman–Crippen MR) is 74.3 cm³/mol. The van der Waals surface area contributed by atoms with Gasteiger partial charge in [-0.2, -0.15) is 37.9 Å². The Morgan fingerprint density at radius 2 is 1.64 bits per heavy atom. The highest BCUT2D eigenvalue weighted by molar-refractivity contribution is 7.80. The lowest BCUT2D eigenvalue weighted by Crippen LogP contribution is -2.08. The smallest absolute Gasteiger partial charge is 0.0468 e. The lowest BCUT2D eigenvalue weighted by atomic mass is 10.1. The summed E-state index contributed by atoms with van der Waals surface area (Å²) in [6.45, 7) is 1.74. The second-order valence-corrected chi connectivity index (χ2v) is 4.65. The van der Waals surface area contributed by atoms with Gasteiger partial charge < -0.3 is 4.74 Å². The molecule has 0 aliphatic carbocycles. The van der Waals surface area contributed by atoms with Crippen LogP contribution in [0.5, 0.6) is 0 Å². The van der Waals surface area contributed by atoms with E-state index in [9.17, 15) is 0 Å². The summed E-state index contributed by atoms with van der Waals surface area (Å²) in [6, 6.07) is 0. The summed E-state index contributed by atoms with van der Waals surface area (Å²) in [4.78, 5) is 0. The Balaban J connectivity index is 3.15. The van der Waals surface area contributed by atoms with Crippen molar-refractivity contribution in [2.45, 2.75) is 25.7 Å². The van der Waals surface area contributed by atoms with Gasteiger partial charge in [0.25, 0.3) is 0 Å². The van der Waals surface area contributed by atoms with Crippen LogP contribution in [0.2, 0.25) is 0 Å². The molecule has 1 unspecified atom stereocenters. The fraction of sp³-hybridized carbons (Fsp3) is 1.00. The fourth-order valence-electron chi connectivity index (χ4n) is 1.18. The van der Waals surface area contributed by atoms with Crippen LogP contribution in [0, 0.1) is 5.92 Å². The molecule has 0 spiro atoms. The molecule has 0 radical (unpaired) electrons. The molecule has 0 saturated heterocycles. The SMILES string of the molecule is SCCCCOCCC(CS)CCS. The van der Waals surface area contributed by atoms with E-state index < -0.39 is 0 Å². The molecular weight excluding hydrogens is 232 g/mol. The molecule has 0 fully saturated rings. The molecule has 14 heavy (non-hydrogen) atoms. The van der Waals surface area contributed by atoms with Crippen molar-refractivity contribution < 1.29 is 4.74 Å². The normalized spacial score (nSPS) is 13.1. The summed E-state index contributed by atoms with van der Waals surface area (Å²) in [6.07, 6.45) is 4.54. The van der Waals surface area contributed by atoms with Crippen LogP contribution < -0.4 is 0 Å². The van der Waals surface area contributed by atoms with Gasteiger partial charge in [-0.25, -0.2) is 0 Å². The van der Waals surface area contributed by atoms with Crippen LogP contribution in [0.1, 0.15) is 25.7 Å². The van der Waals surface area contributed by atoms with Gasteiger partial charge in [-0.3, -0.25) is 0 Å². The minimum atomic E-state index is 0.667. The maximum atomic E-state index is 5.52. The van der Waals surface area contributed by atoms with Crippen LogP contribution in [0.15, 0.2) is 0 Å². The van der Waals surface area contributed by atoms with E-state index in [2.05, 4.69) is 37.9 Å². The molecule has 0 saturated carbocycles. The minimum absolute atomic E-state index is 0.667. The number of unbranched alkanes of at least 4 members (excludes halogenated alkanes) is 1. The first kappa shape index (κ1) is 15.0. The van der Waals surface area contributed by atoms with Crippen molar-refractivity contribution in [2.75, 3.05) is 30.5 Å². The number of rotatable bonds is 10. The average Bonchev–Trinajstić information content (AvgIpc) is 2.21. The summed E-state index contributed by atoms with van der Waals surface area (Å²) in [5.74, 6) is 3.52. The fourth-order valence-corrected chi connectivity index (χ4v) is 2.13. The van der Waals surface area contributed by atoms with E-state index in [4.69, 9.17) is 4.74 Å². The van der Waals surface area contributed by atoms with Crippen molar-refractivity contribution in [1.29, 1.82) is 0 Å². The van der Waals surface area contributed by atoms with E-state index in [1.165, 1.54) is 0 Å². The van der Waals surface area contributed by atoms with Gasteiger partial charge in [0, 0.05) is 13.2 Å².